The fourth-order valence-corrected chi connectivity index (χ4v) is 4.88. The van der Waals surface area contributed by atoms with Gasteiger partial charge in [-0.25, -0.2) is 8.42 Å². The molecule has 1 amide bonds. The number of primary amides is 1. The van der Waals surface area contributed by atoms with Gasteiger partial charge in [0.05, 0.1) is 10.5 Å². The molecule has 2 heterocycles. The lowest BCUT2D eigenvalue weighted by atomic mass is 10.1. The summed E-state index contributed by atoms with van der Waals surface area (Å²) in [5.41, 5.74) is 6.88. The van der Waals surface area contributed by atoms with Gasteiger partial charge in [0.25, 0.3) is 5.91 Å². The van der Waals surface area contributed by atoms with Crippen molar-refractivity contribution in [1.82, 2.24) is 9.46 Å². The number of nitrogens with two attached hydrogens (primary N) is 1. The first-order chi connectivity index (χ1) is 14.4. The van der Waals surface area contributed by atoms with Crippen LogP contribution in [0.5, 0.6) is 5.75 Å². The molecule has 1 aromatic heterocycles. The van der Waals surface area contributed by atoms with Crippen LogP contribution in [-0.4, -0.2) is 36.9 Å². The Morgan fingerprint density at radius 1 is 1.10 bits per heavy atom. The molecule has 3 aromatic rings. The molecule has 2 aromatic carbocycles. The molecular formula is C21H21N3O5S. The Hall–Kier alpha value is -3.17. The minimum Gasteiger partial charge on any atom is -0.486 e. The van der Waals surface area contributed by atoms with Crippen LogP contribution in [0, 0.1) is 0 Å². The van der Waals surface area contributed by atoms with E-state index < -0.39 is 15.9 Å². The van der Waals surface area contributed by atoms with Gasteiger partial charge >= 0.3 is 0 Å². The van der Waals surface area contributed by atoms with Gasteiger partial charge in [-0.1, -0.05) is 35.5 Å². The molecule has 30 heavy (non-hydrogen) atoms. The third-order valence-electron chi connectivity index (χ3n) is 4.91. The number of hydrogen-bond donors (Lipinski definition) is 1. The summed E-state index contributed by atoms with van der Waals surface area (Å²) in [6.07, 6.45) is 1.65. The molecule has 9 heteroatoms. The Kier molecular flexibility index (Phi) is 5.56. The maximum absolute atomic E-state index is 12.7. The molecule has 1 aliphatic heterocycles. The van der Waals surface area contributed by atoms with Gasteiger partial charge in [0.1, 0.15) is 18.1 Å². The van der Waals surface area contributed by atoms with Gasteiger partial charge in [-0.2, -0.15) is 4.31 Å². The fourth-order valence-electron chi connectivity index (χ4n) is 3.34. The molecule has 156 valence electrons. The summed E-state index contributed by atoms with van der Waals surface area (Å²) in [6, 6.07) is 15.4. The number of carbonyl (C=O) groups is 1. The number of sulfonamides is 1. The average Bonchev–Trinajstić information content (AvgIpc) is 3.45. The summed E-state index contributed by atoms with van der Waals surface area (Å²) in [6.45, 7) is 0.986. The van der Waals surface area contributed by atoms with Crippen molar-refractivity contribution in [2.75, 3.05) is 13.1 Å². The Balaban J connectivity index is 1.53. The summed E-state index contributed by atoms with van der Waals surface area (Å²) in [5, 5.41) is 3.97. The minimum atomic E-state index is -3.66. The van der Waals surface area contributed by atoms with E-state index in [4.69, 9.17) is 15.0 Å². The molecule has 8 nitrogen and oxygen atoms in total. The second-order valence-corrected chi connectivity index (χ2v) is 8.91. The number of ether oxygens (including phenoxy) is 1. The van der Waals surface area contributed by atoms with Gasteiger partial charge in [0.15, 0.2) is 5.76 Å². The molecule has 0 aliphatic carbocycles. The van der Waals surface area contributed by atoms with Gasteiger partial charge in [0, 0.05) is 24.7 Å². The molecule has 0 spiro atoms. The number of amides is 1. The zero-order chi connectivity index (χ0) is 21.1. The summed E-state index contributed by atoms with van der Waals surface area (Å²) in [7, 11) is -3.66. The molecule has 2 N–H and O–H groups in total. The van der Waals surface area contributed by atoms with E-state index in [-0.39, 0.29) is 22.8 Å². The van der Waals surface area contributed by atoms with Crippen molar-refractivity contribution < 1.29 is 22.5 Å². The highest BCUT2D eigenvalue weighted by Gasteiger charge is 2.28. The zero-order valence-corrected chi connectivity index (χ0v) is 17.0. The lowest BCUT2D eigenvalue weighted by molar-refractivity contribution is 0.0995. The zero-order valence-electron chi connectivity index (χ0n) is 16.2. The van der Waals surface area contributed by atoms with Gasteiger partial charge in [-0.15, -0.1) is 0 Å². The summed E-state index contributed by atoms with van der Waals surface area (Å²) in [5.74, 6) is 0.0112. The molecule has 0 bridgehead atoms. The number of benzene rings is 2. The monoisotopic (exact) mass is 427 g/mol. The predicted molar refractivity (Wildman–Crippen MR) is 109 cm³/mol. The highest BCUT2D eigenvalue weighted by Crippen LogP contribution is 2.27. The lowest BCUT2D eigenvalue weighted by Gasteiger charge is -2.17. The van der Waals surface area contributed by atoms with E-state index in [0.717, 1.165) is 18.4 Å². The van der Waals surface area contributed by atoms with Crippen LogP contribution < -0.4 is 10.5 Å². The normalized spacial score (nSPS) is 14.7. The van der Waals surface area contributed by atoms with Crippen LogP contribution in [0.1, 0.15) is 28.9 Å². The molecular weight excluding hydrogens is 406 g/mol. The Morgan fingerprint density at radius 3 is 2.53 bits per heavy atom. The molecule has 0 atom stereocenters. The lowest BCUT2D eigenvalue weighted by Crippen LogP contribution is -2.28. The predicted octanol–water partition coefficient (Wildman–Crippen LogP) is 2.80. The maximum Gasteiger partial charge on any atom is 0.252 e. The Bertz CT molecular complexity index is 1150. The second-order valence-electron chi connectivity index (χ2n) is 6.97. The number of rotatable bonds is 7. The van der Waals surface area contributed by atoms with Crippen molar-refractivity contribution in [2.45, 2.75) is 24.3 Å². The van der Waals surface area contributed by atoms with Crippen molar-refractivity contribution >= 4 is 15.9 Å². The molecule has 0 saturated carbocycles. The number of carbonyl (C=O) groups excluding carboxylic acids is 1. The Morgan fingerprint density at radius 2 is 1.83 bits per heavy atom. The second kappa shape index (κ2) is 8.29. The Labute approximate surface area is 174 Å². The van der Waals surface area contributed by atoms with Gasteiger partial charge < -0.3 is 15.0 Å². The standard InChI is InChI=1S/C21H21N3O5S/c22-21(25)18-13-17(30(26,27)24-10-4-5-11-24)8-9-19(18)28-14-16-12-20(29-23-16)15-6-2-1-3-7-15/h1-3,6-9,12-13H,4-5,10-11,14H2,(H2,22,25). The van der Waals surface area contributed by atoms with E-state index in [0.29, 0.717) is 24.5 Å². The van der Waals surface area contributed by atoms with Gasteiger partial charge in [-0.05, 0) is 31.0 Å². The van der Waals surface area contributed by atoms with Crippen LogP contribution in [0.4, 0.5) is 0 Å². The first-order valence-electron chi connectivity index (χ1n) is 9.53. The molecule has 1 saturated heterocycles. The van der Waals surface area contributed by atoms with E-state index in [9.17, 15) is 13.2 Å². The number of hydrogen-bond acceptors (Lipinski definition) is 6. The SMILES string of the molecule is NC(=O)c1cc(S(=O)(=O)N2CCCC2)ccc1OCc1cc(-c2ccccc2)on1. The number of aromatic nitrogens is 1. The third-order valence-corrected chi connectivity index (χ3v) is 6.81. The van der Waals surface area contributed by atoms with E-state index >= 15 is 0 Å². The smallest absolute Gasteiger partial charge is 0.252 e. The highest BCUT2D eigenvalue weighted by atomic mass is 32.2. The van der Waals surface area contributed by atoms with Crippen LogP contribution in [0.3, 0.4) is 0 Å². The molecule has 4 rings (SSSR count). The fraction of sp³-hybridized carbons (Fsp3) is 0.238. The van der Waals surface area contributed by atoms with Gasteiger partial charge in [-0.3, -0.25) is 4.79 Å². The molecule has 0 unspecified atom stereocenters. The van der Waals surface area contributed by atoms with Crippen LogP contribution in [0.15, 0.2) is 64.0 Å². The van der Waals surface area contributed by atoms with Crippen molar-refractivity contribution in [3.05, 3.63) is 65.9 Å². The van der Waals surface area contributed by atoms with Crippen molar-refractivity contribution in [1.29, 1.82) is 0 Å². The summed E-state index contributed by atoms with van der Waals surface area (Å²) < 4.78 is 37.9. The van der Waals surface area contributed by atoms with Crippen LogP contribution in [-0.2, 0) is 16.6 Å². The molecule has 0 radical (unpaired) electrons. The van der Waals surface area contributed by atoms with E-state index in [1.165, 1.54) is 22.5 Å². The van der Waals surface area contributed by atoms with Crippen molar-refractivity contribution in [2.24, 2.45) is 5.73 Å². The quantitative estimate of drug-likeness (QED) is 0.620. The van der Waals surface area contributed by atoms with Crippen LogP contribution in [0.25, 0.3) is 11.3 Å². The largest absolute Gasteiger partial charge is 0.486 e. The average molecular weight is 427 g/mol. The van der Waals surface area contributed by atoms with Crippen molar-refractivity contribution in [3.63, 3.8) is 0 Å². The van der Waals surface area contributed by atoms with E-state index in [2.05, 4.69) is 5.16 Å². The van der Waals surface area contributed by atoms with Crippen LogP contribution in [0.2, 0.25) is 0 Å². The minimum absolute atomic E-state index is 0.00190. The van der Waals surface area contributed by atoms with Crippen LogP contribution >= 0.6 is 0 Å². The third kappa shape index (κ3) is 4.07. The van der Waals surface area contributed by atoms with Crippen molar-refractivity contribution in [3.8, 4) is 17.1 Å². The topological polar surface area (TPSA) is 116 Å². The number of nitrogens with zero attached hydrogens (tertiary/aromatic N) is 2. The van der Waals surface area contributed by atoms with E-state index in [1.54, 1.807) is 6.07 Å². The summed E-state index contributed by atoms with van der Waals surface area (Å²) >= 11 is 0. The first-order valence-corrected chi connectivity index (χ1v) is 11.0. The highest BCUT2D eigenvalue weighted by molar-refractivity contribution is 7.89. The summed E-state index contributed by atoms with van der Waals surface area (Å²) in [4.78, 5) is 11.9. The van der Waals surface area contributed by atoms with E-state index in [1.807, 2.05) is 30.3 Å². The molecule has 1 fully saturated rings. The maximum atomic E-state index is 12.7. The molecule has 1 aliphatic rings. The first kappa shape index (κ1) is 20.1. The van der Waals surface area contributed by atoms with Gasteiger partial charge in [0.2, 0.25) is 10.0 Å².